The van der Waals surface area contributed by atoms with Gasteiger partial charge in [-0.2, -0.15) is 0 Å². The molecule has 0 amide bonds. The predicted molar refractivity (Wildman–Crippen MR) is 90.0 cm³/mol. The van der Waals surface area contributed by atoms with Crippen LogP contribution in [0.25, 0.3) is 0 Å². The van der Waals surface area contributed by atoms with E-state index in [9.17, 15) is 0 Å². The number of anilines is 3. The van der Waals surface area contributed by atoms with Crippen LogP contribution >= 0.6 is 0 Å². The Hall–Kier alpha value is -2.34. The van der Waals surface area contributed by atoms with Crippen molar-refractivity contribution in [2.75, 3.05) is 43.3 Å². The van der Waals surface area contributed by atoms with Gasteiger partial charge in [0.05, 0.1) is 0 Å². The molecule has 0 radical (unpaired) electrons. The van der Waals surface area contributed by atoms with Crippen molar-refractivity contribution in [1.82, 2.24) is 9.97 Å². The Balaban J connectivity index is 2.04. The van der Waals surface area contributed by atoms with Gasteiger partial charge in [-0.1, -0.05) is 30.3 Å². The van der Waals surface area contributed by atoms with E-state index in [0.29, 0.717) is 18.1 Å². The maximum atomic E-state index is 6.19. The number of nitrogen functional groups attached to an aromatic ring is 1. The molecule has 118 valence electrons. The van der Waals surface area contributed by atoms with Gasteiger partial charge in [0.1, 0.15) is 12.0 Å². The molecule has 0 aliphatic rings. The van der Waals surface area contributed by atoms with E-state index >= 15 is 0 Å². The maximum Gasteiger partial charge on any atom is 0.157 e. The molecular formula is C16H23N5O. The number of nitrogens with zero attached hydrogens (tertiary/aromatic N) is 3. The molecule has 3 N–H and O–H groups in total. The van der Waals surface area contributed by atoms with Crippen LogP contribution in [0.4, 0.5) is 17.3 Å². The third-order valence-electron chi connectivity index (χ3n) is 3.30. The second kappa shape index (κ2) is 8.19. The van der Waals surface area contributed by atoms with E-state index in [1.54, 1.807) is 7.11 Å². The number of nitrogens with one attached hydrogen (secondary N) is 1. The fraction of sp³-hybridized carbons (Fsp3) is 0.375. The summed E-state index contributed by atoms with van der Waals surface area (Å²) < 4.78 is 5.03. The molecule has 1 aromatic carbocycles. The lowest BCUT2D eigenvalue weighted by Gasteiger charge is -2.21. The van der Waals surface area contributed by atoms with Gasteiger partial charge in [-0.25, -0.2) is 9.97 Å². The van der Waals surface area contributed by atoms with Crippen molar-refractivity contribution in [1.29, 1.82) is 0 Å². The van der Waals surface area contributed by atoms with Gasteiger partial charge in [0, 0.05) is 33.9 Å². The molecule has 6 nitrogen and oxygen atoms in total. The van der Waals surface area contributed by atoms with Crippen LogP contribution in [0.1, 0.15) is 12.0 Å². The highest BCUT2D eigenvalue weighted by Gasteiger charge is 2.12. The zero-order valence-electron chi connectivity index (χ0n) is 13.1. The van der Waals surface area contributed by atoms with Crippen molar-refractivity contribution in [2.24, 2.45) is 0 Å². The van der Waals surface area contributed by atoms with Gasteiger partial charge in [-0.3, -0.25) is 0 Å². The Kier molecular flexibility index (Phi) is 5.97. The first-order valence-corrected chi connectivity index (χ1v) is 7.30. The van der Waals surface area contributed by atoms with Crippen LogP contribution in [0.15, 0.2) is 36.7 Å². The van der Waals surface area contributed by atoms with Crippen LogP contribution in [0.5, 0.6) is 0 Å². The Morgan fingerprint density at radius 2 is 2.00 bits per heavy atom. The van der Waals surface area contributed by atoms with Gasteiger partial charge in [0.15, 0.2) is 11.6 Å². The molecule has 0 saturated heterocycles. The molecular weight excluding hydrogens is 278 g/mol. The monoisotopic (exact) mass is 301 g/mol. The zero-order chi connectivity index (χ0) is 15.8. The Bertz CT molecular complexity index is 576. The molecule has 1 aromatic heterocycles. The summed E-state index contributed by atoms with van der Waals surface area (Å²) in [7, 11) is 3.66. The quantitative estimate of drug-likeness (QED) is 0.728. The first-order valence-electron chi connectivity index (χ1n) is 7.30. The SMILES string of the molecule is COCCCNc1ncnc(N(C)Cc2ccccc2)c1N. The van der Waals surface area contributed by atoms with Crippen LogP contribution in [-0.4, -0.2) is 37.3 Å². The van der Waals surface area contributed by atoms with E-state index in [-0.39, 0.29) is 0 Å². The van der Waals surface area contributed by atoms with E-state index in [0.717, 1.165) is 25.3 Å². The number of hydrogen-bond acceptors (Lipinski definition) is 6. The molecule has 0 spiro atoms. The van der Waals surface area contributed by atoms with Crippen molar-refractivity contribution < 1.29 is 4.74 Å². The number of benzene rings is 1. The second-order valence-corrected chi connectivity index (χ2v) is 5.07. The fourth-order valence-electron chi connectivity index (χ4n) is 2.19. The molecule has 6 heteroatoms. The highest BCUT2D eigenvalue weighted by Crippen LogP contribution is 2.26. The van der Waals surface area contributed by atoms with Crippen molar-refractivity contribution in [3.05, 3.63) is 42.2 Å². The first-order chi connectivity index (χ1) is 10.7. The van der Waals surface area contributed by atoms with Crippen molar-refractivity contribution in [3.8, 4) is 0 Å². The lowest BCUT2D eigenvalue weighted by Crippen LogP contribution is -2.20. The third-order valence-corrected chi connectivity index (χ3v) is 3.30. The van der Waals surface area contributed by atoms with Crippen LogP contribution in [0.2, 0.25) is 0 Å². The topological polar surface area (TPSA) is 76.3 Å². The minimum atomic E-state index is 0.568. The Labute approximate surface area is 131 Å². The number of methoxy groups -OCH3 is 1. The highest BCUT2D eigenvalue weighted by molar-refractivity contribution is 5.74. The lowest BCUT2D eigenvalue weighted by molar-refractivity contribution is 0.198. The summed E-state index contributed by atoms with van der Waals surface area (Å²) in [6, 6.07) is 10.2. The zero-order valence-corrected chi connectivity index (χ0v) is 13.1. The summed E-state index contributed by atoms with van der Waals surface area (Å²) in [5, 5.41) is 3.22. The van der Waals surface area contributed by atoms with E-state index in [1.165, 1.54) is 11.9 Å². The van der Waals surface area contributed by atoms with Gasteiger partial charge < -0.3 is 20.7 Å². The molecule has 0 atom stereocenters. The molecule has 2 rings (SSSR count). The smallest absolute Gasteiger partial charge is 0.157 e. The molecule has 0 aliphatic heterocycles. The van der Waals surface area contributed by atoms with Gasteiger partial charge in [-0.15, -0.1) is 0 Å². The summed E-state index contributed by atoms with van der Waals surface area (Å²) >= 11 is 0. The summed E-state index contributed by atoms with van der Waals surface area (Å²) in [4.78, 5) is 10.5. The summed E-state index contributed by atoms with van der Waals surface area (Å²) in [5.41, 5.74) is 7.97. The Morgan fingerprint density at radius 1 is 1.23 bits per heavy atom. The average molecular weight is 301 g/mol. The average Bonchev–Trinajstić information content (AvgIpc) is 2.54. The summed E-state index contributed by atoms with van der Waals surface area (Å²) in [6.45, 7) is 2.21. The normalized spacial score (nSPS) is 10.5. The third kappa shape index (κ3) is 4.33. The molecule has 0 unspecified atom stereocenters. The predicted octanol–water partition coefficient (Wildman–Crippen LogP) is 2.14. The summed E-state index contributed by atoms with van der Waals surface area (Å²) in [5.74, 6) is 1.40. The van der Waals surface area contributed by atoms with Gasteiger partial charge in [0.2, 0.25) is 0 Å². The molecule has 0 saturated carbocycles. The highest BCUT2D eigenvalue weighted by atomic mass is 16.5. The Morgan fingerprint density at radius 3 is 2.73 bits per heavy atom. The van der Waals surface area contributed by atoms with Crippen molar-refractivity contribution >= 4 is 17.3 Å². The van der Waals surface area contributed by atoms with E-state index in [4.69, 9.17) is 10.5 Å². The molecule has 22 heavy (non-hydrogen) atoms. The van der Waals surface area contributed by atoms with Crippen LogP contribution in [0, 0.1) is 0 Å². The van der Waals surface area contributed by atoms with Crippen molar-refractivity contribution in [3.63, 3.8) is 0 Å². The van der Waals surface area contributed by atoms with Crippen LogP contribution < -0.4 is 16.0 Å². The number of hydrogen-bond donors (Lipinski definition) is 2. The number of ether oxygens (including phenoxy) is 1. The van der Waals surface area contributed by atoms with Gasteiger partial charge >= 0.3 is 0 Å². The minimum Gasteiger partial charge on any atom is -0.393 e. The van der Waals surface area contributed by atoms with Crippen LogP contribution in [0.3, 0.4) is 0 Å². The largest absolute Gasteiger partial charge is 0.393 e. The lowest BCUT2D eigenvalue weighted by atomic mass is 10.2. The fourth-order valence-corrected chi connectivity index (χ4v) is 2.19. The maximum absolute atomic E-state index is 6.19. The number of aromatic nitrogens is 2. The molecule has 0 bridgehead atoms. The van der Waals surface area contributed by atoms with Crippen molar-refractivity contribution in [2.45, 2.75) is 13.0 Å². The van der Waals surface area contributed by atoms with E-state index in [1.807, 2.05) is 30.1 Å². The standard InChI is InChI=1S/C16H23N5O/c1-21(11-13-7-4-3-5-8-13)16-14(17)15(19-12-20-16)18-9-6-10-22-2/h3-5,7-8,12H,6,9-11,17H2,1-2H3,(H,18,19,20). The van der Waals surface area contributed by atoms with Gasteiger partial charge in [0.25, 0.3) is 0 Å². The second-order valence-electron chi connectivity index (χ2n) is 5.07. The van der Waals surface area contributed by atoms with E-state index < -0.39 is 0 Å². The molecule has 0 fully saturated rings. The molecule has 2 aromatic rings. The number of nitrogens with two attached hydrogens (primary N) is 1. The van der Waals surface area contributed by atoms with E-state index in [2.05, 4.69) is 27.4 Å². The molecule has 1 heterocycles. The molecule has 0 aliphatic carbocycles. The van der Waals surface area contributed by atoms with Crippen LogP contribution in [-0.2, 0) is 11.3 Å². The number of rotatable bonds is 8. The first kappa shape index (κ1) is 16.0. The summed E-state index contributed by atoms with van der Waals surface area (Å²) in [6.07, 6.45) is 2.43. The minimum absolute atomic E-state index is 0.568. The van der Waals surface area contributed by atoms with Gasteiger partial charge in [-0.05, 0) is 12.0 Å².